The molecule has 0 saturated heterocycles. The van der Waals surface area contributed by atoms with Crippen molar-refractivity contribution >= 4 is 29.1 Å². The minimum absolute atomic E-state index is 0.0914. The zero-order valence-corrected chi connectivity index (χ0v) is 11.0. The quantitative estimate of drug-likeness (QED) is 0.797. The Morgan fingerprint density at radius 1 is 1.59 bits per heavy atom. The van der Waals surface area contributed by atoms with Crippen molar-refractivity contribution in [1.29, 1.82) is 0 Å². The van der Waals surface area contributed by atoms with Gasteiger partial charge in [-0.1, -0.05) is 18.5 Å². The first kappa shape index (κ1) is 12.2. The first-order valence-electron chi connectivity index (χ1n) is 5.14. The lowest BCUT2D eigenvalue weighted by atomic mass is 10.1. The van der Waals surface area contributed by atoms with Crippen LogP contribution >= 0.6 is 23.3 Å². The molecule has 0 amide bonds. The fraction of sp³-hybridized carbons (Fsp3) is 0.400. The van der Waals surface area contributed by atoms with Crippen LogP contribution in [-0.2, 0) is 19.9 Å². The van der Waals surface area contributed by atoms with Crippen LogP contribution in [0.25, 0.3) is 0 Å². The lowest BCUT2D eigenvalue weighted by molar-refractivity contribution is 0.0987. The summed E-state index contributed by atoms with van der Waals surface area (Å²) >= 11 is 7.19. The fourth-order valence-electron chi connectivity index (χ4n) is 1.54. The number of halogens is 1. The summed E-state index contributed by atoms with van der Waals surface area (Å²) in [6.07, 6.45) is 2.42. The normalized spacial score (nSPS) is 10.8. The van der Waals surface area contributed by atoms with E-state index in [1.54, 1.807) is 11.7 Å². The number of ketones is 1. The molecule has 0 atom stereocenters. The largest absolute Gasteiger partial charge is 0.292 e. The van der Waals surface area contributed by atoms with E-state index in [1.807, 2.05) is 6.92 Å². The van der Waals surface area contributed by atoms with E-state index < -0.39 is 0 Å². The first-order chi connectivity index (χ1) is 8.13. The highest BCUT2D eigenvalue weighted by molar-refractivity contribution is 6.99. The molecule has 0 aromatic carbocycles. The van der Waals surface area contributed by atoms with Crippen LogP contribution in [0, 0.1) is 0 Å². The molecular weight excluding hydrogens is 260 g/mol. The van der Waals surface area contributed by atoms with Crippen molar-refractivity contribution < 1.29 is 4.79 Å². The van der Waals surface area contributed by atoms with E-state index in [0.717, 1.165) is 29.5 Å². The molecule has 7 heteroatoms. The van der Waals surface area contributed by atoms with E-state index >= 15 is 0 Å². The Bertz CT molecular complexity index is 535. The number of carbonyl (C=O) groups excluding carboxylic acids is 1. The lowest BCUT2D eigenvalue weighted by Crippen LogP contribution is -2.08. The first-order valence-corrected chi connectivity index (χ1v) is 6.25. The molecule has 0 aliphatic rings. The molecule has 5 nitrogen and oxygen atoms in total. The molecule has 0 radical (unpaired) electrons. The maximum atomic E-state index is 11.9. The molecule has 0 spiro atoms. The molecule has 2 aromatic rings. The Kier molecular flexibility index (Phi) is 3.54. The van der Waals surface area contributed by atoms with E-state index in [0.29, 0.717) is 10.7 Å². The van der Waals surface area contributed by atoms with Crippen molar-refractivity contribution in [2.24, 2.45) is 7.05 Å². The van der Waals surface area contributed by atoms with E-state index in [4.69, 9.17) is 11.6 Å². The summed E-state index contributed by atoms with van der Waals surface area (Å²) in [6.45, 7) is 1.98. The molecule has 2 aromatic heterocycles. The molecule has 0 N–H and O–H groups in total. The van der Waals surface area contributed by atoms with Gasteiger partial charge < -0.3 is 0 Å². The third-order valence-corrected chi connectivity index (χ3v) is 3.39. The monoisotopic (exact) mass is 270 g/mol. The maximum absolute atomic E-state index is 11.9. The SMILES string of the molecule is CCc1nn(C)c(CC(=O)c2cnsn2)c1Cl. The van der Waals surface area contributed by atoms with Gasteiger partial charge in [-0.15, -0.1) is 0 Å². The van der Waals surface area contributed by atoms with Crippen LogP contribution in [0.2, 0.25) is 5.02 Å². The van der Waals surface area contributed by atoms with Gasteiger partial charge >= 0.3 is 0 Å². The summed E-state index contributed by atoms with van der Waals surface area (Å²) in [5.41, 5.74) is 1.92. The van der Waals surface area contributed by atoms with Crippen LogP contribution < -0.4 is 0 Å². The Morgan fingerprint density at radius 2 is 2.35 bits per heavy atom. The molecule has 0 bridgehead atoms. The van der Waals surface area contributed by atoms with Crippen molar-refractivity contribution in [3.63, 3.8) is 0 Å². The van der Waals surface area contributed by atoms with Crippen LogP contribution in [-0.4, -0.2) is 24.3 Å². The molecule has 90 valence electrons. The molecule has 0 fully saturated rings. The van der Waals surface area contributed by atoms with E-state index in [9.17, 15) is 4.79 Å². The van der Waals surface area contributed by atoms with Crippen molar-refractivity contribution in [2.75, 3.05) is 0 Å². The van der Waals surface area contributed by atoms with Gasteiger partial charge in [0, 0.05) is 7.05 Å². The second-order valence-corrected chi connectivity index (χ2v) is 4.51. The molecule has 2 rings (SSSR count). The Morgan fingerprint density at radius 3 is 2.88 bits per heavy atom. The number of hydrogen-bond acceptors (Lipinski definition) is 5. The van der Waals surface area contributed by atoms with Crippen molar-refractivity contribution in [2.45, 2.75) is 19.8 Å². The van der Waals surface area contributed by atoms with Gasteiger partial charge in [-0.05, 0) is 6.42 Å². The van der Waals surface area contributed by atoms with Gasteiger partial charge in [-0.2, -0.15) is 13.8 Å². The predicted octanol–water partition coefficient (Wildman–Crippen LogP) is 1.91. The highest BCUT2D eigenvalue weighted by atomic mass is 35.5. The van der Waals surface area contributed by atoms with E-state index in [-0.39, 0.29) is 12.2 Å². The minimum Gasteiger partial charge on any atom is -0.292 e. The number of aryl methyl sites for hydroxylation is 2. The highest BCUT2D eigenvalue weighted by Gasteiger charge is 2.18. The van der Waals surface area contributed by atoms with Crippen molar-refractivity contribution in [1.82, 2.24) is 18.5 Å². The number of rotatable bonds is 4. The molecule has 0 aliphatic carbocycles. The topological polar surface area (TPSA) is 60.7 Å². The van der Waals surface area contributed by atoms with Crippen LogP contribution in [0.15, 0.2) is 6.20 Å². The second kappa shape index (κ2) is 4.93. The smallest absolute Gasteiger partial charge is 0.189 e. The number of aromatic nitrogens is 4. The van der Waals surface area contributed by atoms with Crippen LogP contribution in [0.1, 0.15) is 28.8 Å². The number of nitrogens with zero attached hydrogens (tertiary/aromatic N) is 4. The number of carbonyl (C=O) groups is 1. The molecule has 0 unspecified atom stereocenters. The van der Waals surface area contributed by atoms with Gasteiger partial charge in [-0.3, -0.25) is 9.48 Å². The van der Waals surface area contributed by atoms with Crippen LogP contribution in [0.4, 0.5) is 0 Å². The highest BCUT2D eigenvalue weighted by Crippen LogP contribution is 2.22. The van der Waals surface area contributed by atoms with Gasteiger partial charge in [0.2, 0.25) is 0 Å². The zero-order valence-electron chi connectivity index (χ0n) is 9.47. The Hall–Kier alpha value is -1.27. The molecule has 0 aliphatic heterocycles. The van der Waals surface area contributed by atoms with Gasteiger partial charge in [0.25, 0.3) is 0 Å². The third kappa shape index (κ3) is 2.37. The summed E-state index contributed by atoms with van der Waals surface area (Å²) < 4.78 is 9.36. The summed E-state index contributed by atoms with van der Waals surface area (Å²) in [6, 6.07) is 0. The average molecular weight is 271 g/mol. The Labute approximate surface area is 108 Å². The average Bonchev–Trinajstić information content (AvgIpc) is 2.92. The van der Waals surface area contributed by atoms with Crippen molar-refractivity contribution in [3.8, 4) is 0 Å². The molecule has 0 saturated carbocycles. The lowest BCUT2D eigenvalue weighted by Gasteiger charge is -1.99. The zero-order chi connectivity index (χ0) is 12.4. The van der Waals surface area contributed by atoms with Crippen LogP contribution in [0.5, 0.6) is 0 Å². The van der Waals surface area contributed by atoms with Crippen LogP contribution in [0.3, 0.4) is 0 Å². The standard InChI is InChI=1S/C10H11ClN4OS/c1-3-6-10(11)8(15(2)13-6)4-9(16)7-5-12-17-14-7/h5H,3-4H2,1-2H3. The van der Waals surface area contributed by atoms with Crippen molar-refractivity contribution in [3.05, 3.63) is 28.3 Å². The van der Waals surface area contributed by atoms with E-state index in [2.05, 4.69) is 13.8 Å². The van der Waals surface area contributed by atoms with Gasteiger partial charge in [0.05, 0.1) is 40.8 Å². The maximum Gasteiger partial charge on any atom is 0.189 e. The Balaban J connectivity index is 2.25. The molecule has 17 heavy (non-hydrogen) atoms. The van der Waals surface area contributed by atoms with Gasteiger partial charge in [0.15, 0.2) is 5.78 Å². The summed E-state index contributed by atoms with van der Waals surface area (Å²) in [7, 11) is 1.78. The number of Topliss-reactive ketones (excluding diaryl/α,β-unsaturated/α-hetero) is 1. The summed E-state index contributed by atoms with van der Waals surface area (Å²) in [5.74, 6) is -0.0914. The summed E-state index contributed by atoms with van der Waals surface area (Å²) in [5, 5.41) is 4.84. The fourth-order valence-corrected chi connectivity index (χ4v) is 2.33. The van der Waals surface area contributed by atoms with E-state index in [1.165, 1.54) is 6.20 Å². The predicted molar refractivity (Wildman–Crippen MR) is 65.5 cm³/mol. The minimum atomic E-state index is -0.0914. The number of hydrogen-bond donors (Lipinski definition) is 0. The molecule has 2 heterocycles. The summed E-state index contributed by atoms with van der Waals surface area (Å²) in [4.78, 5) is 11.9. The van der Waals surface area contributed by atoms with Gasteiger partial charge in [-0.25, -0.2) is 0 Å². The molecular formula is C10H11ClN4OS. The second-order valence-electron chi connectivity index (χ2n) is 3.58. The third-order valence-electron chi connectivity index (χ3n) is 2.48. The van der Waals surface area contributed by atoms with Gasteiger partial charge in [0.1, 0.15) is 5.69 Å².